The van der Waals surface area contributed by atoms with Crippen LogP contribution >= 0.6 is 11.8 Å². The zero-order valence-corrected chi connectivity index (χ0v) is 14.9. The Balaban J connectivity index is 1.83. The monoisotopic (exact) mass is 364 g/mol. The Morgan fingerprint density at radius 3 is 2.68 bits per heavy atom. The minimum atomic E-state index is -0.399. The second kappa shape index (κ2) is 9.07. The maximum absolute atomic E-state index is 12.0. The molecule has 2 N–H and O–H groups in total. The predicted molar refractivity (Wildman–Crippen MR) is 93.5 cm³/mol. The maximum atomic E-state index is 12.0. The number of rotatable bonds is 8. The molecule has 0 aliphatic rings. The van der Waals surface area contributed by atoms with E-state index < -0.39 is 5.97 Å². The van der Waals surface area contributed by atoms with Crippen LogP contribution in [0.5, 0.6) is 0 Å². The molecule has 134 valence electrons. The number of aromatic amines is 1. The Labute approximate surface area is 149 Å². The van der Waals surface area contributed by atoms with Crippen molar-refractivity contribution in [2.75, 3.05) is 12.9 Å². The van der Waals surface area contributed by atoms with Gasteiger partial charge < -0.3 is 10.1 Å². The molecule has 0 aliphatic heterocycles. The molecule has 0 atom stereocenters. The van der Waals surface area contributed by atoms with Gasteiger partial charge in [-0.3, -0.25) is 9.36 Å². The summed E-state index contributed by atoms with van der Waals surface area (Å²) in [4.78, 5) is 34.9. The molecule has 1 aromatic heterocycles. The molecule has 2 rings (SSSR count). The van der Waals surface area contributed by atoms with Crippen LogP contribution in [0.1, 0.15) is 29.3 Å². The number of hydrogen-bond donors (Lipinski definition) is 2. The van der Waals surface area contributed by atoms with Crippen LogP contribution in [-0.2, 0) is 22.6 Å². The summed E-state index contributed by atoms with van der Waals surface area (Å²) in [5.41, 5.74) is 1.06. The van der Waals surface area contributed by atoms with Crippen LogP contribution in [0.2, 0.25) is 0 Å². The number of methoxy groups -OCH3 is 1. The van der Waals surface area contributed by atoms with Crippen LogP contribution in [0.25, 0.3) is 0 Å². The summed E-state index contributed by atoms with van der Waals surface area (Å²) in [7, 11) is 1.33. The van der Waals surface area contributed by atoms with E-state index in [9.17, 15) is 14.4 Å². The highest BCUT2D eigenvalue weighted by Gasteiger charge is 2.11. The molecule has 8 nitrogen and oxygen atoms in total. The number of nitrogens with one attached hydrogen (secondary N) is 2. The lowest BCUT2D eigenvalue weighted by molar-refractivity contribution is -0.118. The molecule has 25 heavy (non-hydrogen) atoms. The van der Waals surface area contributed by atoms with Gasteiger partial charge in [-0.1, -0.05) is 30.8 Å². The summed E-state index contributed by atoms with van der Waals surface area (Å²) in [5.74, 6) is -0.404. The van der Waals surface area contributed by atoms with Crippen molar-refractivity contribution in [1.29, 1.82) is 0 Å². The van der Waals surface area contributed by atoms with Crippen molar-refractivity contribution in [3.05, 3.63) is 45.9 Å². The number of esters is 1. The van der Waals surface area contributed by atoms with Crippen LogP contribution < -0.4 is 11.0 Å². The molecule has 0 spiro atoms. The fourth-order valence-electron chi connectivity index (χ4n) is 2.09. The number of benzene rings is 1. The largest absolute Gasteiger partial charge is 0.465 e. The van der Waals surface area contributed by atoms with E-state index in [4.69, 9.17) is 0 Å². The van der Waals surface area contributed by atoms with Crippen LogP contribution in [0.3, 0.4) is 0 Å². The summed E-state index contributed by atoms with van der Waals surface area (Å²) in [6.07, 6.45) is 0.806. The van der Waals surface area contributed by atoms with Gasteiger partial charge in [0.25, 0.3) is 0 Å². The molecule has 0 unspecified atom stereocenters. The predicted octanol–water partition coefficient (Wildman–Crippen LogP) is 1.18. The highest BCUT2D eigenvalue weighted by atomic mass is 32.2. The molecule has 1 heterocycles. The van der Waals surface area contributed by atoms with Crippen LogP contribution in [0, 0.1) is 0 Å². The van der Waals surface area contributed by atoms with Crippen molar-refractivity contribution in [2.45, 2.75) is 31.6 Å². The Bertz CT molecular complexity index is 782. The molecule has 1 aromatic carbocycles. The van der Waals surface area contributed by atoms with Crippen LogP contribution in [0.4, 0.5) is 0 Å². The maximum Gasteiger partial charge on any atom is 0.343 e. The first-order valence-electron chi connectivity index (χ1n) is 7.77. The molecule has 0 aliphatic carbocycles. The minimum Gasteiger partial charge on any atom is -0.465 e. The van der Waals surface area contributed by atoms with Crippen molar-refractivity contribution in [1.82, 2.24) is 20.1 Å². The first-order chi connectivity index (χ1) is 12.0. The minimum absolute atomic E-state index is 0.161. The van der Waals surface area contributed by atoms with E-state index in [0.29, 0.717) is 23.8 Å². The number of carbonyl (C=O) groups is 2. The fourth-order valence-corrected chi connectivity index (χ4v) is 2.90. The summed E-state index contributed by atoms with van der Waals surface area (Å²) in [6, 6.07) is 6.81. The molecule has 0 bridgehead atoms. The van der Waals surface area contributed by atoms with E-state index in [0.717, 1.165) is 12.0 Å². The quantitative estimate of drug-likeness (QED) is 0.538. The molecule has 9 heteroatoms. The van der Waals surface area contributed by atoms with E-state index in [2.05, 4.69) is 20.3 Å². The van der Waals surface area contributed by atoms with E-state index in [1.54, 1.807) is 24.3 Å². The average molecular weight is 364 g/mol. The SMILES string of the molecule is CCCn1c(SCC(=O)NCc2ccc(C(=O)OC)cc2)n[nH]c1=O. The fraction of sp³-hybridized carbons (Fsp3) is 0.375. The number of amides is 1. The van der Waals surface area contributed by atoms with Gasteiger partial charge in [0.1, 0.15) is 0 Å². The first-order valence-corrected chi connectivity index (χ1v) is 8.75. The molecule has 0 fully saturated rings. The van der Waals surface area contributed by atoms with Crippen LogP contribution in [0.15, 0.2) is 34.2 Å². The van der Waals surface area contributed by atoms with Gasteiger partial charge in [-0.05, 0) is 24.1 Å². The Kier molecular flexibility index (Phi) is 6.81. The molecule has 0 saturated carbocycles. The number of hydrogen-bond acceptors (Lipinski definition) is 6. The second-order valence-electron chi connectivity index (χ2n) is 5.22. The molecular weight excluding hydrogens is 344 g/mol. The lowest BCUT2D eigenvalue weighted by atomic mass is 10.1. The smallest absolute Gasteiger partial charge is 0.343 e. The average Bonchev–Trinajstić information content (AvgIpc) is 2.98. The van der Waals surface area contributed by atoms with Crippen LogP contribution in [-0.4, -0.2) is 39.5 Å². The second-order valence-corrected chi connectivity index (χ2v) is 6.16. The van der Waals surface area contributed by atoms with Gasteiger partial charge in [0.2, 0.25) is 5.91 Å². The van der Waals surface area contributed by atoms with Gasteiger partial charge in [0.05, 0.1) is 18.4 Å². The highest BCUT2D eigenvalue weighted by Crippen LogP contribution is 2.13. The normalized spacial score (nSPS) is 10.5. The van der Waals surface area contributed by atoms with Gasteiger partial charge in [0.15, 0.2) is 5.16 Å². The van der Waals surface area contributed by atoms with Crippen molar-refractivity contribution >= 4 is 23.6 Å². The molecular formula is C16H20N4O4S. The van der Waals surface area contributed by atoms with E-state index in [1.807, 2.05) is 6.92 Å². The number of thioether (sulfide) groups is 1. The summed E-state index contributed by atoms with van der Waals surface area (Å²) in [5, 5.41) is 9.61. The third-order valence-corrected chi connectivity index (χ3v) is 4.34. The first kappa shape index (κ1) is 18.8. The van der Waals surface area contributed by atoms with Crippen molar-refractivity contribution < 1.29 is 14.3 Å². The number of aromatic nitrogens is 3. The highest BCUT2D eigenvalue weighted by molar-refractivity contribution is 7.99. The lowest BCUT2D eigenvalue weighted by Gasteiger charge is -2.06. The molecule has 1 amide bonds. The Morgan fingerprint density at radius 1 is 1.32 bits per heavy atom. The number of H-pyrrole nitrogens is 1. The summed E-state index contributed by atoms with van der Waals surface area (Å²) < 4.78 is 6.15. The molecule has 2 aromatic rings. The van der Waals surface area contributed by atoms with Gasteiger partial charge >= 0.3 is 11.7 Å². The number of ether oxygens (including phenoxy) is 1. The third kappa shape index (κ3) is 5.21. The topological polar surface area (TPSA) is 106 Å². The van der Waals surface area contributed by atoms with Crippen molar-refractivity contribution in [3.8, 4) is 0 Å². The standard InChI is InChI=1S/C16H20N4O4S/c1-3-8-20-15(23)18-19-16(20)25-10-13(21)17-9-11-4-6-12(7-5-11)14(22)24-2/h4-7H,3,8-10H2,1-2H3,(H,17,21)(H,18,23). The van der Waals surface area contributed by atoms with E-state index in [1.165, 1.54) is 23.4 Å². The number of carbonyl (C=O) groups excluding carboxylic acids is 2. The number of nitrogens with zero attached hydrogens (tertiary/aromatic N) is 2. The summed E-state index contributed by atoms with van der Waals surface area (Å²) >= 11 is 1.21. The lowest BCUT2D eigenvalue weighted by Crippen LogP contribution is -2.25. The van der Waals surface area contributed by atoms with E-state index in [-0.39, 0.29) is 17.3 Å². The molecule has 0 radical (unpaired) electrons. The molecule has 0 saturated heterocycles. The van der Waals surface area contributed by atoms with Gasteiger partial charge in [-0.15, -0.1) is 5.10 Å². The Morgan fingerprint density at radius 2 is 2.04 bits per heavy atom. The van der Waals surface area contributed by atoms with Gasteiger partial charge in [-0.25, -0.2) is 14.7 Å². The zero-order valence-electron chi connectivity index (χ0n) is 14.1. The van der Waals surface area contributed by atoms with Gasteiger partial charge in [-0.2, -0.15) is 0 Å². The summed E-state index contributed by atoms with van der Waals surface area (Å²) in [6.45, 7) is 2.88. The van der Waals surface area contributed by atoms with Gasteiger partial charge in [0, 0.05) is 13.1 Å². The van der Waals surface area contributed by atoms with Crippen molar-refractivity contribution in [2.24, 2.45) is 0 Å². The third-order valence-electron chi connectivity index (χ3n) is 3.37. The zero-order chi connectivity index (χ0) is 18.2. The van der Waals surface area contributed by atoms with Crippen molar-refractivity contribution in [3.63, 3.8) is 0 Å². The van der Waals surface area contributed by atoms with E-state index >= 15 is 0 Å². The Hall–Kier alpha value is -2.55.